The number of nitrogens with zero attached hydrogens (tertiary/aromatic N) is 2. The molecule has 0 spiro atoms. The summed E-state index contributed by atoms with van der Waals surface area (Å²) < 4.78 is 22.3. The molecular formula is C23H27N3O5. The van der Waals surface area contributed by atoms with Gasteiger partial charge in [0.25, 0.3) is 5.91 Å². The highest BCUT2D eigenvalue weighted by molar-refractivity contribution is 5.95. The van der Waals surface area contributed by atoms with Crippen molar-refractivity contribution < 1.29 is 23.5 Å². The lowest BCUT2D eigenvalue weighted by molar-refractivity contribution is 0.0945. The Bertz CT molecular complexity index is 987. The zero-order valence-corrected chi connectivity index (χ0v) is 18.2. The van der Waals surface area contributed by atoms with Crippen molar-refractivity contribution in [3.05, 3.63) is 53.4 Å². The topological polar surface area (TPSA) is 95.7 Å². The summed E-state index contributed by atoms with van der Waals surface area (Å²) in [5, 5.41) is 6.77. The van der Waals surface area contributed by atoms with Crippen molar-refractivity contribution in [1.82, 2.24) is 15.5 Å². The highest BCUT2D eigenvalue weighted by atomic mass is 16.5. The van der Waals surface area contributed by atoms with E-state index in [1.54, 1.807) is 12.1 Å². The predicted octanol–water partition coefficient (Wildman–Crippen LogP) is 4.17. The van der Waals surface area contributed by atoms with Gasteiger partial charge in [-0.2, -0.15) is 4.98 Å². The summed E-state index contributed by atoms with van der Waals surface area (Å²) in [6.07, 6.45) is 0. The number of benzene rings is 2. The molecule has 0 saturated carbocycles. The lowest BCUT2D eigenvalue weighted by Crippen LogP contribution is -2.23. The highest BCUT2D eigenvalue weighted by Gasteiger charge is 2.19. The number of nitrogens with one attached hydrogen (secondary N) is 1. The number of aromatic nitrogens is 2. The van der Waals surface area contributed by atoms with Crippen molar-refractivity contribution in [2.24, 2.45) is 0 Å². The maximum atomic E-state index is 12.8. The molecule has 3 aromatic rings. The molecule has 8 nitrogen and oxygen atoms in total. The number of rotatable bonds is 10. The van der Waals surface area contributed by atoms with Crippen LogP contribution in [0.1, 0.15) is 42.6 Å². The van der Waals surface area contributed by atoms with E-state index in [1.807, 2.05) is 52.0 Å². The van der Waals surface area contributed by atoms with Gasteiger partial charge in [0.15, 0.2) is 11.5 Å². The third kappa shape index (κ3) is 5.53. The second kappa shape index (κ2) is 10.5. The van der Waals surface area contributed by atoms with Crippen molar-refractivity contribution in [2.45, 2.75) is 34.2 Å². The molecule has 2 aromatic carbocycles. The molecule has 0 bridgehead atoms. The van der Waals surface area contributed by atoms with E-state index in [2.05, 4.69) is 15.5 Å². The van der Waals surface area contributed by atoms with Gasteiger partial charge in [-0.1, -0.05) is 35.0 Å². The first-order chi connectivity index (χ1) is 15.0. The third-order valence-electron chi connectivity index (χ3n) is 4.35. The molecule has 0 aliphatic heterocycles. The van der Waals surface area contributed by atoms with Crippen LogP contribution >= 0.6 is 0 Å². The second-order valence-electron chi connectivity index (χ2n) is 6.66. The summed E-state index contributed by atoms with van der Waals surface area (Å²) in [5.74, 6) is 1.87. The SMILES string of the molecule is CCOc1cc(C(=O)NCc2nc(-c3ccc(C)cc3)no2)cc(OCC)c1OCC. The summed E-state index contributed by atoms with van der Waals surface area (Å²) in [7, 11) is 0. The zero-order valence-electron chi connectivity index (χ0n) is 18.2. The third-order valence-corrected chi connectivity index (χ3v) is 4.35. The van der Waals surface area contributed by atoms with E-state index in [9.17, 15) is 4.79 Å². The van der Waals surface area contributed by atoms with Gasteiger partial charge in [-0.15, -0.1) is 0 Å². The molecule has 0 fully saturated rings. The molecule has 1 aromatic heterocycles. The minimum absolute atomic E-state index is 0.0961. The van der Waals surface area contributed by atoms with Crippen molar-refractivity contribution in [2.75, 3.05) is 19.8 Å². The Morgan fingerprint density at radius 2 is 1.58 bits per heavy atom. The average molecular weight is 425 g/mol. The smallest absolute Gasteiger partial charge is 0.251 e. The van der Waals surface area contributed by atoms with Gasteiger partial charge in [0.1, 0.15) is 0 Å². The first-order valence-electron chi connectivity index (χ1n) is 10.3. The van der Waals surface area contributed by atoms with E-state index in [4.69, 9.17) is 18.7 Å². The van der Waals surface area contributed by atoms with Gasteiger partial charge in [0, 0.05) is 11.1 Å². The number of ether oxygens (including phenoxy) is 3. The maximum Gasteiger partial charge on any atom is 0.251 e. The van der Waals surface area contributed by atoms with Gasteiger partial charge < -0.3 is 24.1 Å². The number of hydrogen-bond donors (Lipinski definition) is 1. The summed E-state index contributed by atoms with van der Waals surface area (Å²) in [4.78, 5) is 17.1. The molecule has 1 heterocycles. The van der Waals surface area contributed by atoms with Crippen LogP contribution in [-0.2, 0) is 6.54 Å². The standard InChI is InChI=1S/C23H27N3O5/c1-5-28-18-12-17(13-19(29-6-2)21(18)30-7-3)23(27)24-14-20-25-22(26-31-20)16-10-8-15(4)9-11-16/h8-13H,5-7,14H2,1-4H3,(H,24,27). The molecule has 0 unspecified atom stereocenters. The van der Waals surface area contributed by atoms with Gasteiger partial charge in [-0.3, -0.25) is 4.79 Å². The van der Waals surface area contributed by atoms with E-state index in [-0.39, 0.29) is 12.5 Å². The van der Waals surface area contributed by atoms with Gasteiger partial charge >= 0.3 is 0 Å². The molecule has 0 aliphatic rings. The van der Waals surface area contributed by atoms with E-state index in [0.29, 0.717) is 54.3 Å². The van der Waals surface area contributed by atoms with Crippen LogP contribution in [0.2, 0.25) is 0 Å². The van der Waals surface area contributed by atoms with Crippen molar-refractivity contribution in [3.63, 3.8) is 0 Å². The summed E-state index contributed by atoms with van der Waals surface area (Å²) in [5.41, 5.74) is 2.38. The van der Waals surface area contributed by atoms with E-state index in [0.717, 1.165) is 11.1 Å². The molecule has 0 aliphatic carbocycles. The fourth-order valence-electron chi connectivity index (χ4n) is 2.92. The Hall–Kier alpha value is -3.55. The first-order valence-corrected chi connectivity index (χ1v) is 10.3. The molecule has 31 heavy (non-hydrogen) atoms. The van der Waals surface area contributed by atoms with Crippen LogP contribution in [0, 0.1) is 6.92 Å². The number of amides is 1. The van der Waals surface area contributed by atoms with Crippen LogP contribution in [0.5, 0.6) is 17.2 Å². The van der Waals surface area contributed by atoms with Crippen LogP contribution in [0.25, 0.3) is 11.4 Å². The molecule has 1 amide bonds. The largest absolute Gasteiger partial charge is 0.490 e. The van der Waals surface area contributed by atoms with Crippen LogP contribution in [0.15, 0.2) is 40.9 Å². The number of carbonyl (C=O) groups excluding carboxylic acids is 1. The van der Waals surface area contributed by atoms with Crippen molar-refractivity contribution in [3.8, 4) is 28.6 Å². The molecular weight excluding hydrogens is 398 g/mol. The normalized spacial score (nSPS) is 10.6. The van der Waals surface area contributed by atoms with E-state index >= 15 is 0 Å². The molecule has 0 atom stereocenters. The Labute approximate surface area is 181 Å². The Kier molecular flexibility index (Phi) is 7.48. The Morgan fingerprint density at radius 3 is 2.16 bits per heavy atom. The first kappa shape index (κ1) is 22.1. The number of hydrogen-bond acceptors (Lipinski definition) is 7. The summed E-state index contributed by atoms with van der Waals surface area (Å²) >= 11 is 0. The minimum atomic E-state index is -0.319. The van der Waals surface area contributed by atoms with Gasteiger partial charge in [-0.25, -0.2) is 0 Å². The molecule has 8 heteroatoms. The molecule has 3 rings (SSSR count). The van der Waals surface area contributed by atoms with Gasteiger partial charge in [0.05, 0.1) is 26.4 Å². The molecule has 1 N–H and O–H groups in total. The number of aryl methyl sites for hydroxylation is 1. The van der Waals surface area contributed by atoms with Crippen LogP contribution in [-0.4, -0.2) is 35.9 Å². The van der Waals surface area contributed by atoms with Crippen LogP contribution in [0.3, 0.4) is 0 Å². The maximum absolute atomic E-state index is 12.8. The van der Waals surface area contributed by atoms with Crippen LogP contribution < -0.4 is 19.5 Å². The molecule has 164 valence electrons. The Balaban J connectivity index is 1.74. The lowest BCUT2D eigenvalue weighted by Gasteiger charge is -2.17. The van der Waals surface area contributed by atoms with Gasteiger partial charge in [0.2, 0.25) is 17.5 Å². The fraction of sp³-hybridized carbons (Fsp3) is 0.348. The summed E-state index contributed by atoms with van der Waals surface area (Å²) in [6.45, 7) is 9.02. The quantitative estimate of drug-likeness (QED) is 0.521. The highest BCUT2D eigenvalue weighted by Crippen LogP contribution is 2.39. The number of carbonyl (C=O) groups is 1. The monoisotopic (exact) mass is 425 g/mol. The summed E-state index contributed by atoms with van der Waals surface area (Å²) in [6, 6.07) is 11.1. The van der Waals surface area contributed by atoms with Crippen LogP contribution in [0.4, 0.5) is 0 Å². The zero-order chi connectivity index (χ0) is 22.2. The van der Waals surface area contributed by atoms with E-state index < -0.39 is 0 Å². The average Bonchev–Trinajstić information content (AvgIpc) is 3.24. The Morgan fingerprint density at radius 1 is 0.968 bits per heavy atom. The second-order valence-corrected chi connectivity index (χ2v) is 6.66. The van der Waals surface area contributed by atoms with E-state index in [1.165, 1.54) is 0 Å². The molecule has 0 saturated heterocycles. The van der Waals surface area contributed by atoms with Crippen molar-refractivity contribution in [1.29, 1.82) is 0 Å². The van der Waals surface area contributed by atoms with Crippen molar-refractivity contribution >= 4 is 5.91 Å². The fourth-order valence-corrected chi connectivity index (χ4v) is 2.92. The molecule has 0 radical (unpaired) electrons. The lowest BCUT2D eigenvalue weighted by atomic mass is 10.1. The predicted molar refractivity (Wildman–Crippen MR) is 116 cm³/mol. The van der Waals surface area contributed by atoms with Gasteiger partial charge in [-0.05, 0) is 39.8 Å². The minimum Gasteiger partial charge on any atom is -0.490 e.